The lowest BCUT2D eigenvalue weighted by molar-refractivity contribution is -0.120. The second-order valence-corrected chi connectivity index (χ2v) is 5.06. The molecule has 1 amide bonds. The number of anilines is 1. The molecule has 17 heavy (non-hydrogen) atoms. The highest BCUT2D eigenvalue weighted by Gasteiger charge is 2.22. The second kappa shape index (κ2) is 5.49. The van der Waals surface area contributed by atoms with Crippen LogP contribution in [0, 0.1) is 5.82 Å². The van der Waals surface area contributed by atoms with Crippen molar-refractivity contribution in [3.63, 3.8) is 0 Å². The Balaban J connectivity index is 1.75. The zero-order chi connectivity index (χ0) is 12.3. The number of benzene rings is 1. The molecule has 0 heterocycles. The molecule has 0 spiro atoms. The van der Waals surface area contributed by atoms with Crippen LogP contribution in [0.1, 0.15) is 19.3 Å². The summed E-state index contributed by atoms with van der Waals surface area (Å²) in [6, 6.07) is 5.19. The largest absolute Gasteiger partial charge is 0.382 e. The van der Waals surface area contributed by atoms with E-state index >= 15 is 0 Å². The molecule has 1 aliphatic carbocycles. The molecule has 2 rings (SSSR count). The number of amides is 1. The van der Waals surface area contributed by atoms with Crippen LogP contribution in [0.25, 0.3) is 0 Å². The SMILES string of the molecule is O=C(CCNc1ccc(Br)cc1F)NC1CC1. The van der Waals surface area contributed by atoms with E-state index < -0.39 is 0 Å². The zero-order valence-electron chi connectivity index (χ0n) is 9.30. The predicted molar refractivity (Wildman–Crippen MR) is 68.4 cm³/mol. The Bertz CT molecular complexity index is 421. The van der Waals surface area contributed by atoms with Crippen LogP contribution in [0.4, 0.5) is 10.1 Å². The van der Waals surface area contributed by atoms with Gasteiger partial charge in [-0.05, 0) is 31.0 Å². The van der Waals surface area contributed by atoms with Gasteiger partial charge in [-0.25, -0.2) is 4.39 Å². The van der Waals surface area contributed by atoms with Crippen LogP contribution in [0.15, 0.2) is 22.7 Å². The molecule has 1 saturated carbocycles. The quantitative estimate of drug-likeness (QED) is 0.878. The van der Waals surface area contributed by atoms with E-state index in [-0.39, 0.29) is 11.7 Å². The molecule has 5 heteroatoms. The number of carbonyl (C=O) groups is 1. The topological polar surface area (TPSA) is 41.1 Å². The lowest BCUT2D eigenvalue weighted by atomic mass is 10.3. The van der Waals surface area contributed by atoms with Gasteiger partial charge in [-0.1, -0.05) is 15.9 Å². The molecule has 0 saturated heterocycles. The molecule has 1 fully saturated rings. The summed E-state index contributed by atoms with van der Waals surface area (Å²) in [5.41, 5.74) is 0.424. The average molecular weight is 301 g/mol. The van der Waals surface area contributed by atoms with E-state index in [4.69, 9.17) is 0 Å². The number of rotatable bonds is 5. The summed E-state index contributed by atoms with van der Waals surface area (Å²) < 4.78 is 14.1. The van der Waals surface area contributed by atoms with Crippen LogP contribution in [-0.4, -0.2) is 18.5 Å². The first-order chi connectivity index (χ1) is 8.15. The Morgan fingerprint density at radius 1 is 1.47 bits per heavy atom. The smallest absolute Gasteiger partial charge is 0.221 e. The minimum Gasteiger partial charge on any atom is -0.382 e. The summed E-state index contributed by atoms with van der Waals surface area (Å²) in [4.78, 5) is 11.4. The van der Waals surface area contributed by atoms with Gasteiger partial charge in [0.25, 0.3) is 0 Å². The molecule has 1 aliphatic rings. The number of carbonyl (C=O) groups excluding carboxylic acids is 1. The van der Waals surface area contributed by atoms with E-state index in [2.05, 4.69) is 26.6 Å². The highest BCUT2D eigenvalue weighted by molar-refractivity contribution is 9.10. The van der Waals surface area contributed by atoms with Gasteiger partial charge in [-0.3, -0.25) is 4.79 Å². The highest BCUT2D eigenvalue weighted by Crippen LogP contribution is 2.20. The van der Waals surface area contributed by atoms with Crippen LogP contribution in [-0.2, 0) is 4.79 Å². The molecule has 1 aromatic carbocycles. The van der Waals surface area contributed by atoms with Gasteiger partial charge >= 0.3 is 0 Å². The minimum absolute atomic E-state index is 0.0255. The van der Waals surface area contributed by atoms with Crippen molar-refractivity contribution < 1.29 is 9.18 Å². The molecule has 0 atom stereocenters. The molecule has 0 unspecified atom stereocenters. The van der Waals surface area contributed by atoms with E-state index in [9.17, 15) is 9.18 Å². The van der Waals surface area contributed by atoms with Gasteiger partial charge in [-0.2, -0.15) is 0 Å². The monoisotopic (exact) mass is 300 g/mol. The van der Waals surface area contributed by atoms with Crippen molar-refractivity contribution in [1.29, 1.82) is 0 Å². The number of halogens is 2. The molecular formula is C12H14BrFN2O. The molecular weight excluding hydrogens is 287 g/mol. The Kier molecular flexibility index (Phi) is 3.99. The van der Waals surface area contributed by atoms with E-state index in [0.717, 1.165) is 12.8 Å². The summed E-state index contributed by atoms with van der Waals surface area (Å²) in [5, 5.41) is 5.79. The van der Waals surface area contributed by atoms with Gasteiger partial charge < -0.3 is 10.6 Å². The number of hydrogen-bond donors (Lipinski definition) is 2. The van der Waals surface area contributed by atoms with Gasteiger partial charge in [0.1, 0.15) is 5.82 Å². The van der Waals surface area contributed by atoms with Crippen LogP contribution in [0.2, 0.25) is 0 Å². The molecule has 0 bridgehead atoms. The lowest BCUT2D eigenvalue weighted by Crippen LogP contribution is -2.27. The fraction of sp³-hybridized carbons (Fsp3) is 0.417. The van der Waals surface area contributed by atoms with E-state index in [0.29, 0.717) is 29.2 Å². The van der Waals surface area contributed by atoms with Crippen molar-refractivity contribution in [3.05, 3.63) is 28.5 Å². The molecule has 0 aliphatic heterocycles. The number of hydrogen-bond acceptors (Lipinski definition) is 2. The Labute approximate surface area is 108 Å². The van der Waals surface area contributed by atoms with Gasteiger partial charge in [-0.15, -0.1) is 0 Å². The molecule has 0 radical (unpaired) electrons. The van der Waals surface area contributed by atoms with Crippen molar-refractivity contribution in [3.8, 4) is 0 Å². The summed E-state index contributed by atoms with van der Waals surface area (Å²) in [6.45, 7) is 0.442. The maximum Gasteiger partial charge on any atom is 0.221 e. The van der Waals surface area contributed by atoms with E-state index in [1.807, 2.05) is 0 Å². The highest BCUT2D eigenvalue weighted by atomic mass is 79.9. The van der Waals surface area contributed by atoms with Crippen LogP contribution >= 0.6 is 15.9 Å². The standard InChI is InChI=1S/C12H14BrFN2O/c13-8-1-4-11(10(14)7-8)15-6-5-12(17)16-9-2-3-9/h1,4,7,9,15H,2-3,5-6H2,(H,16,17). The van der Waals surface area contributed by atoms with Crippen molar-refractivity contribution in [2.75, 3.05) is 11.9 Å². The summed E-state index contributed by atoms with van der Waals surface area (Å²) in [5.74, 6) is -0.292. The van der Waals surface area contributed by atoms with Crippen LogP contribution < -0.4 is 10.6 Å². The first-order valence-electron chi connectivity index (χ1n) is 5.63. The van der Waals surface area contributed by atoms with Crippen molar-refractivity contribution in [2.24, 2.45) is 0 Å². The Hall–Kier alpha value is -1.10. The first-order valence-corrected chi connectivity index (χ1v) is 6.43. The van der Waals surface area contributed by atoms with E-state index in [1.54, 1.807) is 12.1 Å². The average Bonchev–Trinajstić information content (AvgIpc) is 3.05. The van der Waals surface area contributed by atoms with Gasteiger partial charge in [0.05, 0.1) is 5.69 Å². The van der Waals surface area contributed by atoms with Crippen molar-refractivity contribution in [1.82, 2.24) is 5.32 Å². The Morgan fingerprint density at radius 2 is 2.24 bits per heavy atom. The van der Waals surface area contributed by atoms with Crippen LogP contribution in [0.5, 0.6) is 0 Å². The second-order valence-electron chi connectivity index (χ2n) is 4.14. The third kappa shape index (κ3) is 4.00. The van der Waals surface area contributed by atoms with Gasteiger partial charge in [0.2, 0.25) is 5.91 Å². The van der Waals surface area contributed by atoms with E-state index in [1.165, 1.54) is 6.07 Å². The van der Waals surface area contributed by atoms with Crippen molar-refractivity contribution in [2.45, 2.75) is 25.3 Å². The maximum atomic E-state index is 13.4. The summed E-state index contributed by atoms with van der Waals surface area (Å²) >= 11 is 3.19. The summed E-state index contributed by atoms with van der Waals surface area (Å²) in [7, 11) is 0. The first kappa shape index (κ1) is 12.4. The third-order valence-corrected chi connectivity index (χ3v) is 3.03. The zero-order valence-corrected chi connectivity index (χ0v) is 10.9. The van der Waals surface area contributed by atoms with Gasteiger partial charge in [0, 0.05) is 23.5 Å². The predicted octanol–water partition coefficient (Wildman–Crippen LogP) is 2.67. The fourth-order valence-electron chi connectivity index (χ4n) is 1.47. The Morgan fingerprint density at radius 3 is 2.88 bits per heavy atom. The molecule has 2 N–H and O–H groups in total. The summed E-state index contributed by atoms with van der Waals surface area (Å²) in [6.07, 6.45) is 2.53. The lowest BCUT2D eigenvalue weighted by Gasteiger charge is -2.08. The van der Waals surface area contributed by atoms with Crippen LogP contribution in [0.3, 0.4) is 0 Å². The maximum absolute atomic E-state index is 13.4. The molecule has 0 aromatic heterocycles. The fourth-order valence-corrected chi connectivity index (χ4v) is 1.80. The van der Waals surface area contributed by atoms with Crippen molar-refractivity contribution >= 4 is 27.5 Å². The normalized spacial score (nSPS) is 14.5. The third-order valence-electron chi connectivity index (χ3n) is 2.54. The minimum atomic E-state index is -0.318. The number of nitrogens with one attached hydrogen (secondary N) is 2. The van der Waals surface area contributed by atoms with Gasteiger partial charge in [0.15, 0.2) is 0 Å². The molecule has 1 aromatic rings. The molecule has 3 nitrogen and oxygen atoms in total. The molecule has 92 valence electrons.